The lowest BCUT2D eigenvalue weighted by Gasteiger charge is -2.39. The molecule has 0 aliphatic carbocycles. The van der Waals surface area contributed by atoms with E-state index in [1.165, 1.54) is 0 Å². The smallest absolute Gasteiger partial charge is 0.227 e. The highest BCUT2D eigenvalue weighted by Crippen LogP contribution is 2.22. The molecule has 2 aliphatic heterocycles. The number of likely N-dealkylation sites (tertiary alicyclic amines) is 1. The normalized spacial score (nSPS) is 20.8. The number of benzene rings is 1. The number of hydrogen-bond donors (Lipinski definition) is 0. The van der Waals surface area contributed by atoms with Crippen LogP contribution in [0.5, 0.6) is 0 Å². The van der Waals surface area contributed by atoms with Gasteiger partial charge in [-0.1, -0.05) is 0 Å². The summed E-state index contributed by atoms with van der Waals surface area (Å²) in [6.45, 7) is 7.43. The van der Waals surface area contributed by atoms with Gasteiger partial charge in [-0.3, -0.25) is 14.4 Å². The van der Waals surface area contributed by atoms with Gasteiger partial charge in [0, 0.05) is 57.4 Å². The molecule has 2 amide bonds. The molecular weight excluding hydrogens is 330 g/mol. The molecular formula is C20H27N3O3. The number of nitrogens with zero attached hydrogens (tertiary/aromatic N) is 3. The summed E-state index contributed by atoms with van der Waals surface area (Å²) in [5.41, 5.74) is 1.80. The fraction of sp³-hybridized carbons (Fsp3) is 0.550. The van der Waals surface area contributed by atoms with Crippen LogP contribution in [-0.4, -0.2) is 66.7 Å². The minimum absolute atomic E-state index is 0.0568. The first-order chi connectivity index (χ1) is 12.5. The first-order valence-electron chi connectivity index (χ1n) is 9.36. The van der Waals surface area contributed by atoms with Crippen molar-refractivity contribution >= 4 is 23.3 Å². The quantitative estimate of drug-likeness (QED) is 0.774. The van der Waals surface area contributed by atoms with Crippen molar-refractivity contribution in [3.05, 3.63) is 29.8 Å². The topological polar surface area (TPSA) is 60.9 Å². The van der Waals surface area contributed by atoms with Crippen molar-refractivity contribution in [1.82, 2.24) is 9.80 Å². The van der Waals surface area contributed by atoms with Gasteiger partial charge in [0.05, 0.1) is 5.92 Å². The molecule has 2 fully saturated rings. The number of piperazine rings is 1. The van der Waals surface area contributed by atoms with Crippen molar-refractivity contribution in [3.63, 3.8) is 0 Å². The third kappa shape index (κ3) is 4.06. The first kappa shape index (κ1) is 18.4. The zero-order chi connectivity index (χ0) is 18.7. The Morgan fingerprint density at radius 1 is 0.885 bits per heavy atom. The molecule has 6 heteroatoms. The van der Waals surface area contributed by atoms with Gasteiger partial charge in [0.1, 0.15) is 0 Å². The molecule has 2 saturated heterocycles. The minimum atomic E-state index is -0.0611. The summed E-state index contributed by atoms with van der Waals surface area (Å²) < 4.78 is 0. The average molecular weight is 357 g/mol. The van der Waals surface area contributed by atoms with Crippen LogP contribution in [0.1, 0.15) is 37.0 Å². The lowest BCUT2D eigenvalue weighted by atomic mass is 9.96. The second-order valence-corrected chi connectivity index (χ2v) is 7.22. The van der Waals surface area contributed by atoms with Crippen LogP contribution in [-0.2, 0) is 9.59 Å². The summed E-state index contributed by atoms with van der Waals surface area (Å²) in [6.07, 6.45) is 1.77. The Kier molecular flexibility index (Phi) is 5.59. The van der Waals surface area contributed by atoms with Crippen molar-refractivity contribution in [3.8, 4) is 0 Å². The standard InChI is InChI=1S/C20H27N3O3/c1-15(24)17-5-7-19(8-6-17)21-10-12-22(13-11-21)20(26)18-4-3-9-23(14-18)16(2)25/h5-8,18H,3-4,9-14H2,1-2H3/t18-/m0/s1. The van der Waals surface area contributed by atoms with Crippen molar-refractivity contribution in [2.75, 3.05) is 44.2 Å². The Morgan fingerprint density at radius 3 is 2.12 bits per heavy atom. The van der Waals surface area contributed by atoms with E-state index in [1.807, 2.05) is 29.2 Å². The van der Waals surface area contributed by atoms with Gasteiger partial charge in [-0.25, -0.2) is 0 Å². The van der Waals surface area contributed by atoms with Crippen LogP contribution in [0.25, 0.3) is 0 Å². The number of anilines is 1. The van der Waals surface area contributed by atoms with Crippen molar-refractivity contribution in [1.29, 1.82) is 0 Å². The number of hydrogen-bond acceptors (Lipinski definition) is 4. The predicted molar refractivity (Wildman–Crippen MR) is 100 cm³/mol. The number of Topliss-reactive ketones (excluding diaryl/α,β-unsaturated/α-hetero) is 1. The van der Waals surface area contributed by atoms with Crippen molar-refractivity contribution in [2.24, 2.45) is 5.92 Å². The fourth-order valence-electron chi connectivity index (χ4n) is 3.81. The van der Waals surface area contributed by atoms with E-state index in [1.54, 1.807) is 18.7 Å². The summed E-state index contributed by atoms with van der Waals surface area (Å²) in [5, 5.41) is 0. The molecule has 1 aromatic rings. The van der Waals surface area contributed by atoms with Crippen LogP contribution in [0.3, 0.4) is 0 Å². The number of carbonyl (C=O) groups is 3. The summed E-state index contributed by atoms with van der Waals surface area (Å²) in [6, 6.07) is 7.65. The van der Waals surface area contributed by atoms with Crippen molar-refractivity contribution in [2.45, 2.75) is 26.7 Å². The Balaban J connectivity index is 1.55. The lowest BCUT2D eigenvalue weighted by molar-refractivity contribution is -0.140. The van der Waals surface area contributed by atoms with E-state index in [0.29, 0.717) is 19.6 Å². The monoisotopic (exact) mass is 357 g/mol. The van der Waals surface area contributed by atoms with E-state index in [0.717, 1.165) is 43.7 Å². The number of carbonyl (C=O) groups excluding carboxylic acids is 3. The largest absolute Gasteiger partial charge is 0.368 e. The van der Waals surface area contributed by atoms with E-state index in [4.69, 9.17) is 0 Å². The Labute approximate surface area is 154 Å². The summed E-state index contributed by atoms with van der Waals surface area (Å²) in [4.78, 5) is 41.8. The Bertz CT molecular complexity index is 678. The molecule has 1 aromatic carbocycles. The maximum atomic E-state index is 12.8. The summed E-state index contributed by atoms with van der Waals surface area (Å²) in [5.74, 6) is 0.247. The maximum absolute atomic E-state index is 12.8. The highest BCUT2D eigenvalue weighted by Gasteiger charge is 2.31. The van der Waals surface area contributed by atoms with Gasteiger partial charge in [-0.05, 0) is 44.0 Å². The van der Waals surface area contributed by atoms with E-state index >= 15 is 0 Å². The predicted octanol–water partition coefficient (Wildman–Crippen LogP) is 1.80. The molecule has 3 rings (SSSR count). The van der Waals surface area contributed by atoms with E-state index < -0.39 is 0 Å². The Morgan fingerprint density at radius 2 is 1.54 bits per heavy atom. The average Bonchev–Trinajstić information content (AvgIpc) is 2.67. The molecule has 1 atom stereocenters. The first-order valence-corrected chi connectivity index (χ1v) is 9.36. The van der Waals surface area contributed by atoms with Crippen LogP contribution in [0, 0.1) is 5.92 Å². The molecule has 26 heavy (non-hydrogen) atoms. The third-order valence-electron chi connectivity index (χ3n) is 5.45. The number of rotatable bonds is 3. The second-order valence-electron chi connectivity index (χ2n) is 7.22. The third-order valence-corrected chi connectivity index (χ3v) is 5.45. The summed E-state index contributed by atoms with van der Waals surface area (Å²) in [7, 11) is 0. The van der Waals surface area contributed by atoms with Crippen LogP contribution in [0.4, 0.5) is 5.69 Å². The number of ketones is 1. The maximum Gasteiger partial charge on any atom is 0.227 e. The van der Waals surface area contributed by atoms with E-state index in [-0.39, 0.29) is 23.5 Å². The minimum Gasteiger partial charge on any atom is -0.368 e. The number of piperidine rings is 1. The molecule has 2 aliphatic rings. The van der Waals surface area contributed by atoms with Crippen LogP contribution in [0.2, 0.25) is 0 Å². The highest BCUT2D eigenvalue weighted by atomic mass is 16.2. The zero-order valence-corrected chi connectivity index (χ0v) is 15.6. The van der Waals surface area contributed by atoms with Crippen LogP contribution >= 0.6 is 0 Å². The van der Waals surface area contributed by atoms with Gasteiger partial charge in [0.2, 0.25) is 11.8 Å². The molecule has 140 valence electrons. The molecule has 6 nitrogen and oxygen atoms in total. The van der Waals surface area contributed by atoms with Gasteiger partial charge in [-0.2, -0.15) is 0 Å². The van der Waals surface area contributed by atoms with Gasteiger partial charge >= 0.3 is 0 Å². The van der Waals surface area contributed by atoms with Gasteiger partial charge < -0.3 is 14.7 Å². The lowest BCUT2D eigenvalue weighted by Crippen LogP contribution is -2.53. The van der Waals surface area contributed by atoms with Crippen molar-refractivity contribution < 1.29 is 14.4 Å². The van der Waals surface area contributed by atoms with E-state index in [2.05, 4.69) is 4.90 Å². The van der Waals surface area contributed by atoms with Gasteiger partial charge in [0.25, 0.3) is 0 Å². The second kappa shape index (κ2) is 7.89. The number of amides is 2. The summed E-state index contributed by atoms with van der Waals surface area (Å²) >= 11 is 0. The molecule has 0 N–H and O–H groups in total. The molecule has 0 bridgehead atoms. The Hall–Kier alpha value is -2.37. The SMILES string of the molecule is CC(=O)c1ccc(N2CCN(C(=O)[C@H]3CCCN(C(C)=O)C3)CC2)cc1. The molecule has 0 saturated carbocycles. The molecule has 0 aromatic heterocycles. The van der Waals surface area contributed by atoms with Gasteiger partial charge in [-0.15, -0.1) is 0 Å². The van der Waals surface area contributed by atoms with Gasteiger partial charge in [0.15, 0.2) is 5.78 Å². The molecule has 0 unspecified atom stereocenters. The van der Waals surface area contributed by atoms with E-state index in [9.17, 15) is 14.4 Å². The highest BCUT2D eigenvalue weighted by molar-refractivity contribution is 5.94. The molecule has 2 heterocycles. The van der Waals surface area contributed by atoms with Crippen LogP contribution in [0.15, 0.2) is 24.3 Å². The molecule has 0 spiro atoms. The molecule has 0 radical (unpaired) electrons. The van der Waals surface area contributed by atoms with Crippen LogP contribution < -0.4 is 4.90 Å². The zero-order valence-electron chi connectivity index (χ0n) is 15.6. The fourth-order valence-corrected chi connectivity index (χ4v) is 3.81.